The monoisotopic (exact) mass is 278 g/mol. The smallest absolute Gasteiger partial charge is 0.0409 e. The van der Waals surface area contributed by atoms with E-state index in [-0.39, 0.29) is 0 Å². The van der Waals surface area contributed by atoms with Crippen LogP contribution in [0, 0.1) is 5.92 Å². The predicted octanol–water partition coefficient (Wildman–Crippen LogP) is 3.30. The minimum atomic E-state index is 0.688. The second-order valence-electron chi connectivity index (χ2n) is 6.06. The van der Waals surface area contributed by atoms with Gasteiger partial charge < -0.3 is 5.32 Å². The molecule has 2 fully saturated rings. The Morgan fingerprint density at radius 2 is 2.16 bits per heavy atom. The van der Waals surface area contributed by atoms with Crippen molar-refractivity contribution in [2.75, 3.05) is 19.6 Å². The van der Waals surface area contributed by atoms with E-state index in [4.69, 9.17) is 11.6 Å². The zero-order valence-electron chi connectivity index (χ0n) is 11.4. The molecule has 0 amide bonds. The average molecular weight is 279 g/mol. The largest absolute Gasteiger partial charge is 0.312 e. The predicted molar refractivity (Wildman–Crippen MR) is 80.5 cm³/mol. The van der Waals surface area contributed by atoms with E-state index in [1.165, 1.54) is 50.9 Å². The zero-order valence-corrected chi connectivity index (χ0v) is 12.2. The van der Waals surface area contributed by atoms with Gasteiger partial charge in [0, 0.05) is 24.2 Å². The van der Waals surface area contributed by atoms with Gasteiger partial charge in [-0.05, 0) is 62.4 Å². The third kappa shape index (κ3) is 4.20. The normalized spacial score (nSPS) is 24.6. The molecule has 104 valence electrons. The van der Waals surface area contributed by atoms with Gasteiger partial charge in [0.25, 0.3) is 0 Å². The van der Waals surface area contributed by atoms with Gasteiger partial charge in [-0.25, -0.2) is 0 Å². The lowest BCUT2D eigenvalue weighted by atomic mass is 10.0. The third-order valence-electron chi connectivity index (χ3n) is 4.19. The Balaban J connectivity index is 1.49. The van der Waals surface area contributed by atoms with Gasteiger partial charge >= 0.3 is 0 Å². The van der Waals surface area contributed by atoms with E-state index in [2.05, 4.69) is 22.3 Å². The fraction of sp³-hybridized carbons (Fsp3) is 0.625. The molecule has 1 aliphatic heterocycles. The summed E-state index contributed by atoms with van der Waals surface area (Å²) in [5.41, 5.74) is 1.33. The first kappa shape index (κ1) is 13.4. The highest BCUT2D eigenvalue weighted by Crippen LogP contribution is 2.28. The van der Waals surface area contributed by atoms with Crippen LogP contribution in [0.15, 0.2) is 24.3 Å². The van der Waals surface area contributed by atoms with Crippen LogP contribution in [0.5, 0.6) is 0 Å². The molecule has 2 nitrogen and oxygen atoms in total. The summed E-state index contributed by atoms with van der Waals surface area (Å²) in [4.78, 5) is 2.56. The molecule has 0 aromatic heterocycles. The number of nitrogens with zero attached hydrogens (tertiary/aromatic N) is 1. The minimum Gasteiger partial charge on any atom is -0.312 e. The average Bonchev–Trinajstić information content (AvgIpc) is 3.21. The van der Waals surface area contributed by atoms with Crippen LogP contribution in [0.4, 0.5) is 0 Å². The molecule has 0 radical (unpaired) electrons. The fourth-order valence-electron chi connectivity index (χ4n) is 2.91. The number of rotatable bonds is 5. The molecule has 1 aromatic rings. The first-order valence-corrected chi connectivity index (χ1v) is 7.87. The number of hydrogen-bond acceptors (Lipinski definition) is 2. The van der Waals surface area contributed by atoms with E-state index in [0.29, 0.717) is 6.04 Å². The second-order valence-corrected chi connectivity index (χ2v) is 6.49. The van der Waals surface area contributed by atoms with Crippen molar-refractivity contribution in [2.24, 2.45) is 5.92 Å². The highest BCUT2D eigenvalue weighted by molar-refractivity contribution is 6.30. The van der Waals surface area contributed by atoms with Crippen molar-refractivity contribution in [1.82, 2.24) is 10.2 Å². The van der Waals surface area contributed by atoms with Gasteiger partial charge in [0.05, 0.1) is 0 Å². The van der Waals surface area contributed by atoms with Gasteiger partial charge in [0.1, 0.15) is 0 Å². The molecular formula is C16H23ClN2. The van der Waals surface area contributed by atoms with Crippen LogP contribution in [-0.4, -0.2) is 30.6 Å². The van der Waals surface area contributed by atoms with Crippen LogP contribution < -0.4 is 5.32 Å². The summed E-state index contributed by atoms with van der Waals surface area (Å²) >= 11 is 6.05. The summed E-state index contributed by atoms with van der Waals surface area (Å²) in [7, 11) is 0. The lowest BCUT2D eigenvalue weighted by molar-refractivity contribution is 0.183. The maximum absolute atomic E-state index is 6.05. The number of benzene rings is 1. The van der Waals surface area contributed by atoms with Gasteiger partial charge in [0.2, 0.25) is 0 Å². The van der Waals surface area contributed by atoms with Gasteiger partial charge in [0.15, 0.2) is 0 Å². The maximum Gasteiger partial charge on any atom is 0.0409 e. The van der Waals surface area contributed by atoms with Gasteiger partial charge in [-0.3, -0.25) is 4.90 Å². The molecule has 2 aliphatic rings. The molecule has 1 aliphatic carbocycles. The maximum atomic E-state index is 6.05. The molecule has 3 rings (SSSR count). The molecule has 1 atom stereocenters. The molecule has 1 heterocycles. The summed E-state index contributed by atoms with van der Waals surface area (Å²) in [5.74, 6) is 0.975. The van der Waals surface area contributed by atoms with Crippen molar-refractivity contribution < 1.29 is 0 Å². The standard InChI is InChI=1S/C16H23ClN2/c17-15-4-1-3-14(9-15)11-19-8-2-5-16(12-19)18-10-13-6-7-13/h1,3-4,9,13,16,18H,2,5-8,10-12H2. The Labute approximate surface area is 121 Å². The van der Waals surface area contributed by atoms with Crippen LogP contribution in [0.1, 0.15) is 31.2 Å². The highest BCUT2D eigenvalue weighted by Gasteiger charge is 2.24. The van der Waals surface area contributed by atoms with Crippen molar-refractivity contribution in [3.63, 3.8) is 0 Å². The second kappa shape index (κ2) is 6.25. The van der Waals surface area contributed by atoms with Crippen LogP contribution in [0.25, 0.3) is 0 Å². The summed E-state index contributed by atoms with van der Waals surface area (Å²) < 4.78 is 0. The zero-order chi connectivity index (χ0) is 13.1. The molecule has 0 bridgehead atoms. The summed E-state index contributed by atoms with van der Waals surface area (Å²) in [6.07, 6.45) is 5.51. The molecule has 1 unspecified atom stereocenters. The Bertz CT molecular complexity index is 417. The molecule has 1 aromatic carbocycles. The third-order valence-corrected chi connectivity index (χ3v) is 4.43. The molecule has 0 spiro atoms. The lowest BCUT2D eigenvalue weighted by Crippen LogP contribution is -2.45. The molecular weight excluding hydrogens is 256 g/mol. The van der Waals surface area contributed by atoms with Crippen LogP contribution in [0.2, 0.25) is 5.02 Å². The Morgan fingerprint density at radius 3 is 2.95 bits per heavy atom. The van der Waals surface area contributed by atoms with E-state index >= 15 is 0 Å². The van der Waals surface area contributed by atoms with E-state index < -0.39 is 0 Å². The molecule has 1 saturated carbocycles. The SMILES string of the molecule is Clc1cccc(CN2CCCC(NCC3CC3)C2)c1. The first-order valence-electron chi connectivity index (χ1n) is 7.50. The van der Waals surface area contributed by atoms with Crippen molar-refractivity contribution in [1.29, 1.82) is 0 Å². The number of piperidine rings is 1. The first-order chi connectivity index (χ1) is 9.29. The summed E-state index contributed by atoms with van der Waals surface area (Å²) in [5, 5.41) is 4.59. The van der Waals surface area contributed by atoms with E-state index in [1.54, 1.807) is 0 Å². The van der Waals surface area contributed by atoms with E-state index in [9.17, 15) is 0 Å². The van der Waals surface area contributed by atoms with Gasteiger partial charge in [-0.1, -0.05) is 23.7 Å². The van der Waals surface area contributed by atoms with E-state index in [1.807, 2.05) is 12.1 Å². The van der Waals surface area contributed by atoms with Crippen molar-refractivity contribution in [3.05, 3.63) is 34.9 Å². The summed E-state index contributed by atoms with van der Waals surface area (Å²) in [6.45, 7) is 4.66. The molecule has 19 heavy (non-hydrogen) atoms. The Morgan fingerprint density at radius 1 is 1.26 bits per heavy atom. The number of hydrogen-bond donors (Lipinski definition) is 1. The number of likely N-dealkylation sites (tertiary alicyclic amines) is 1. The highest BCUT2D eigenvalue weighted by atomic mass is 35.5. The van der Waals surface area contributed by atoms with Crippen molar-refractivity contribution in [3.8, 4) is 0 Å². The molecule has 3 heteroatoms. The quantitative estimate of drug-likeness (QED) is 0.889. The van der Waals surface area contributed by atoms with Crippen LogP contribution in [-0.2, 0) is 6.54 Å². The molecule has 1 saturated heterocycles. The summed E-state index contributed by atoms with van der Waals surface area (Å²) in [6, 6.07) is 8.94. The van der Waals surface area contributed by atoms with E-state index in [0.717, 1.165) is 17.5 Å². The Kier molecular flexibility index (Phi) is 4.42. The van der Waals surface area contributed by atoms with Crippen LogP contribution in [0.3, 0.4) is 0 Å². The number of halogens is 1. The van der Waals surface area contributed by atoms with Crippen LogP contribution >= 0.6 is 11.6 Å². The fourth-order valence-corrected chi connectivity index (χ4v) is 3.13. The van der Waals surface area contributed by atoms with Gasteiger partial charge in [-0.2, -0.15) is 0 Å². The topological polar surface area (TPSA) is 15.3 Å². The van der Waals surface area contributed by atoms with Crippen molar-refractivity contribution in [2.45, 2.75) is 38.3 Å². The molecule has 1 N–H and O–H groups in total. The Hall–Kier alpha value is -0.570. The van der Waals surface area contributed by atoms with Crippen molar-refractivity contribution >= 4 is 11.6 Å². The lowest BCUT2D eigenvalue weighted by Gasteiger charge is -2.33. The van der Waals surface area contributed by atoms with Gasteiger partial charge in [-0.15, -0.1) is 0 Å². The number of nitrogens with one attached hydrogen (secondary N) is 1. The minimum absolute atomic E-state index is 0.688.